The van der Waals surface area contributed by atoms with Gasteiger partial charge >= 0.3 is 11.9 Å². The van der Waals surface area contributed by atoms with Crippen molar-refractivity contribution >= 4 is 11.9 Å². The number of ether oxygens (including phenoxy) is 1. The number of carbonyl (C=O) groups excluding carboxylic acids is 1. The number of carboxylic acid groups (broad SMARTS) is 1. The van der Waals surface area contributed by atoms with Crippen molar-refractivity contribution in [2.24, 2.45) is 41.4 Å². The summed E-state index contributed by atoms with van der Waals surface area (Å²) in [6.45, 7) is 9.38. The van der Waals surface area contributed by atoms with Crippen LogP contribution in [0.15, 0.2) is 0 Å². The van der Waals surface area contributed by atoms with Gasteiger partial charge in [-0.25, -0.2) is 0 Å². The first kappa shape index (κ1) is 27.2. The number of aliphatic carboxylic acids is 1. The summed E-state index contributed by atoms with van der Waals surface area (Å²) < 4.78 is 5.83. The van der Waals surface area contributed by atoms with Crippen molar-refractivity contribution in [3.8, 4) is 0 Å². The van der Waals surface area contributed by atoms with Crippen molar-refractivity contribution in [3.63, 3.8) is 0 Å². The molecule has 0 saturated heterocycles. The van der Waals surface area contributed by atoms with Crippen LogP contribution in [0, 0.1) is 41.4 Å². The van der Waals surface area contributed by atoms with Crippen LogP contribution in [-0.2, 0) is 14.3 Å². The number of unbranched alkanes of at least 4 members (excludes halogenated alkanes) is 5. The zero-order chi connectivity index (χ0) is 23.5. The Balaban J connectivity index is 1.89. The molecule has 7 atom stereocenters. The van der Waals surface area contributed by atoms with Crippen molar-refractivity contribution < 1.29 is 19.4 Å². The summed E-state index contributed by atoms with van der Waals surface area (Å²) in [5.41, 5.74) is 0. The number of hydrogen-bond donors (Lipinski definition) is 1. The van der Waals surface area contributed by atoms with Crippen LogP contribution in [-0.4, -0.2) is 23.7 Å². The van der Waals surface area contributed by atoms with Crippen LogP contribution in [0.4, 0.5) is 0 Å². The highest BCUT2D eigenvalue weighted by Gasteiger charge is 2.42. The lowest BCUT2D eigenvalue weighted by atomic mass is 9.64. The lowest BCUT2D eigenvalue weighted by Gasteiger charge is -2.42. The van der Waals surface area contributed by atoms with E-state index >= 15 is 0 Å². The van der Waals surface area contributed by atoms with Gasteiger partial charge in [-0.3, -0.25) is 9.59 Å². The van der Waals surface area contributed by atoms with Crippen molar-refractivity contribution in [3.05, 3.63) is 0 Å². The summed E-state index contributed by atoms with van der Waals surface area (Å²) in [6, 6.07) is 0. The predicted molar refractivity (Wildman–Crippen MR) is 130 cm³/mol. The topological polar surface area (TPSA) is 63.6 Å². The van der Waals surface area contributed by atoms with E-state index in [-0.39, 0.29) is 11.9 Å². The first-order valence-corrected chi connectivity index (χ1v) is 13.8. The molecule has 4 heteroatoms. The fourth-order valence-corrected chi connectivity index (χ4v) is 6.70. The molecule has 0 aromatic heterocycles. The zero-order valence-electron chi connectivity index (χ0n) is 21.3. The molecule has 0 amide bonds. The molecule has 2 aliphatic rings. The Morgan fingerprint density at radius 2 is 1.53 bits per heavy atom. The Bertz CT molecular complexity index is 560. The summed E-state index contributed by atoms with van der Waals surface area (Å²) in [5, 5.41) is 9.64. The maximum atomic E-state index is 12.9. The Morgan fingerprint density at radius 1 is 0.844 bits per heavy atom. The van der Waals surface area contributed by atoms with Gasteiger partial charge in [0.05, 0.1) is 18.4 Å². The molecule has 2 saturated carbocycles. The minimum atomic E-state index is -0.841. The third kappa shape index (κ3) is 7.76. The minimum Gasteiger partial charge on any atom is -0.481 e. The second kappa shape index (κ2) is 14.3. The molecule has 0 aromatic rings. The second-order valence-electron chi connectivity index (χ2n) is 11.0. The zero-order valence-corrected chi connectivity index (χ0v) is 21.3. The fraction of sp³-hybridized carbons (Fsp3) is 0.929. The van der Waals surface area contributed by atoms with Gasteiger partial charge < -0.3 is 9.84 Å². The van der Waals surface area contributed by atoms with E-state index in [9.17, 15) is 14.7 Å². The number of hydrogen-bond acceptors (Lipinski definition) is 3. The molecular weight excluding hydrogens is 400 g/mol. The summed E-state index contributed by atoms with van der Waals surface area (Å²) in [5.74, 6) is 0.421. The summed E-state index contributed by atoms with van der Waals surface area (Å²) in [6.07, 6.45) is 16.8. The van der Waals surface area contributed by atoms with Gasteiger partial charge in [-0.15, -0.1) is 0 Å². The molecule has 0 heterocycles. The van der Waals surface area contributed by atoms with Crippen molar-refractivity contribution in [2.75, 3.05) is 6.61 Å². The van der Waals surface area contributed by atoms with Crippen LogP contribution in [0.1, 0.15) is 118 Å². The Hall–Kier alpha value is -1.06. The summed E-state index contributed by atoms with van der Waals surface area (Å²) in [4.78, 5) is 24.6. The number of carbonyl (C=O) groups is 2. The Labute approximate surface area is 197 Å². The second-order valence-corrected chi connectivity index (χ2v) is 11.0. The molecule has 0 bridgehead atoms. The van der Waals surface area contributed by atoms with E-state index in [1.165, 1.54) is 64.2 Å². The molecule has 0 aromatic carbocycles. The Morgan fingerprint density at radius 3 is 2.22 bits per heavy atom. The molecular formula is C28H50O4. The van der Waals surface area contributed by atoms with Gasteiger partial charge in [0.25, 0.3) is 0 Å². The van der Waals surface area contributed by atoms with Crippen LogP contribution in [0.3, 0.4) is 0 Å². The quantitative estimate of drug-likeness (QED) is 0.233. The third-order valence-corrected chi connectivity index (χ3v) is 8.73. The highest BCUT2D eigenvalue weighted by Crippen LogP contribution is 2.44. The van der Waals surface area contributed by atoms with Crippen LogP contribution in [0.5, 0.6) is 0 Å². The largest absolute Gasteiger partial charge is 0.481 e. The number of carboxylic acids is 1. The van der Waals surface area contributed by atoms with E-state index in [2.05, 4.69) is 20.8 Å². The molecule has 2 rings (SSSR count). The average Bonchev–Trinajstić information content (AvgIpc) is 2.76. The molecule has 186 valence electrons. The molecule has 7 unspecified atom stereocenters. The third-order valence-electron chi connectivity index (χ3n) is 8.73. The van der Waals surface area contributed by atoms with E-state index in [4.69, 9.17) is 4.74 Å². The molecule has 0 radical (unpaired) electrons. The number of rotatable bonds is 13. The highest BCUT2D eigenvalue weighted by atomic mass is 16.5. The molecule has 2 fully saturated rings. The van der Waals surface area contributed by atoms with E-state index in [1.807, 2.05) is 6.92 Å². The van der Waals surface area contributed by atoms with Crippen LogP contribution in [0.25, 0.3) is 0 Å². The van der Waals surface area contributed by atoms with E-state index in [1.54, 1.807) is 0 Å². The van der Waals surface area contributed by atoms with Gasteiger partial charge in [0.1, 0.15) is 0 Å². The van der Waals surface area contributed by atoms with E-state index < -0.39 is 17.8 Å². The van der Waals surface area contributed by atoms with Gasteiger partial charge in [0.15, 0.2) is 0 Å². The standard InChI is InChI=1S/C28H50O4/c1-5-7-8-9-10-11-15-24-21(4)23(18-17-22(24)13-6-2)19-32-28(31)25-16-12-14-20(3)26(25)27(29)30/h20-26H,5-19H2,1-4H3,(H,29,30). The first-order valence-electron chi connectivity index (χ1n) is 13.8. The van der Waals surface area contributed by atoms with Crippen LogP contribution in [0.2, 0.25) is 0 Å². The smallest absolute Gasteiger partial charge is 0.309 e. The monoisotopic (exact) mass is 450 g/mol. The minimum absolute atomic E-state index is 0.0453. The SMILES string of the molecule is CCCCCCCCC1C(CCC)CCC(COC(=O)C2CCCC(C)C2C(=O)O)C1C. The molecule has 1 N–H and O–H groups in total. The van der Waals surface area contributed by atoms with Crippen molar-refractivity contribution in [1.29, 1.82) is 0 Å². The van der Waals surface area contributed by atoms with Gasteiger partial charge in [-0.05, 0) is 61.7 Å². The molecule has 32 heavy (non-hydrogen) atoms. The van der Waals surface area contributed by atoms with Gasteiger partial charge in [0.2, 0.25) is 0 Å². The molecule has 2 aliphatic carbocycles. The number of esters is 1. The maximum absolute atomic E-state index is 12.9. The fourth-order valence-electron chi connectivity index (χ4n) is 6.70. The van der Waals surface area contributed by atoms with Gasteiger partial charge in [-0.1, -0.05) is 85.5 Å². The lowest BCUT2D eigenvalue weighted by molar-refractivity contribution is -0.163. The normalized spacial score (nSPS) is 33.1. The molecule has 0 aliphatic heterocycles. The van der Waals surface area contributed by atoms with Gasteiger partial charge in [0, 0.05) is 0 Å². The molecule has 4 nitrogen and oxygen atoms in total. The Kier molecular flexibility index (Phi) is 12.1. The average molecular weight is 451 g/mol. The summed E-state index contributed by atoms with van der Waals surface area (Å²) in [7, 11) is 0. The van der Waals surface area contributed by atoms with Crippen LogP contribution < -0.4 is 0 Å². The maximum Gasteiger partial charge on any atom is 0.309 e. The van der Waals surface area contributed by atoms with Crippen LogP contribution >= 0.6 is 0 Å². The summed E-state index contributed by atoms with van der Waals surface area (Å²) >= 11 is 0. The highest BCUT2D eigenvalue weighted by molar-refractivity contribution is 5.81. The van der Waals surface area contributed by atoms with E-state index in [0.29, 0.717) is 24.9 Å². The van der Waals surface area contributed by atoms with Crippen molar-refractivity contribution in [2.45, 2.75) is 118 Å². The lowest BCUT2D eigenvalue weighted by Crippen LogP contribution is -2.40. The van der Waals surface area contributed by atoms with E-state index in [0.717, 1.165) is 31.1 Å². The predicted octanol–water partition coefficient (Wildman–Crippen LogP) is 7.50. The van der Waals surface area contributed by atoms with Gasteiger partial charge in [-0.2, -0.15) is 0 Å². The molecule has 0 spiro atoms. The van der Waals surface area contributed by atoms with Crippen molar-refractivity contribution in [1.82, 2.24) is 0 Å². The first-order chi connectivity index (χ1) is 15.4.